The van der Waals surface area contributed by atoms with Gasteiger partial charge in [-0.05, 0) is 24.9 Å². The molecular weight excluding hydrogens is 342 g/mol. The minimum Gasteiger partial charge on any atom is -0.311 e. The van der Waals surface area contributed by atoms with E-state index in [1.807, 2.05) is 11.1 Å². The third-order valence-corrected chi connectivity index (χ3v) is 5.02. The number of hydrogen-bond donors (Lipinski definition) is 0. The first kappa shape index (κ1) is 17.4. The summed E-state index contributed by atoms with van der Waals surface area (Å²) in [6, 6.07) is 5.09. The Kier molecular flexibility index (Phi) is 5.29. The second-order valence-electron chi connectivity index (χ2n) is 5.81. The molecule has 1 fully saturated rings. The molecule has 1 aliphatic rings. The van der Waals surface area contributed by atoms with Gasteiger partial charge in [0.2, 0.25) is 0 Å². The van der Waals surface area contributed by atoms with Crippen molar-refractivity contribution in [2.75, 3.05) is 33.2 Å². The predicted molar refractivity (Wildman–Crippen MR) is 94.9 cm³/mol. The maximum absolute atomic E-state index is 11.4. The van der Waals surface area contributed by atoms with E-state index in [4.69, 9.17) is 0 Å². The van der Waals surface area contributed by atoms with Gasteiger partial charge < -0.3 is 9.47 Å². The van der Waals surface area contributed by atoms with E-state index in [2.05, 4.69) is 27.2 Å². The molecule has 10 heteroatoms. The van der Waals surface area contributed by atoms with Gasteiger partial charge in [-0.1, -0.05) is 6.07 Å². The third-order valence-electron chi connectivity index (χ3n) is 3.90. The van der Waals surface area contributed by atoms with Gasteiger partial charge in [0, 0.05) is 44.9 Å². The molecule has 9 nitrogen and oxygen atoms in total. The van der Waals surface area contributed by atoms with Crippen molar-refractivity contribution in [2.24, 2.45) is 12.1 Å². The number of aromatic nitrogens is 3. The average molecular weight is 361 g/mol. The fourth-order valence-corrected chi connectivity index (χ4v) is 3.22. The van der Waals surface area contributed by atoms with Crippen molar-refractivity contribution < 1.29 is 4.92 Å². The molecule has 0 atom stereocenters. The molecule has 0 amide bonds. The Bertz CT molecular complexity index is 784. The molecule has 2 aromatic rings. The lowest BCUT2D eigenvalue weighted by Gasteiger charge is -2.30. The Morgan fingerprint density at radius 3 is 2.68 bits per heavy atom. The Morgan fingerprint density at radius 2 is 2.04 bits per heavy atom. The summed E-state index contributed by atoms with van der Waals surface area (Å²) in [6.45, 7) is 3.64. The lowest BCUT2D eigenvalue weighted by Crippen LogP contribution is -2.41. The highest BCUT2D eigenvalue weighted by atomic mass is 32.2. The quantitative estimate of drug-likeness (QED) is 0.452. The van der Waals surface area contributed by atoms with Crippen LogP contribution in [0.1, 0.15) is 5.56 Å². The van der Waals surface area contributed by atoms with Crippen LogP contribution in [0.15, 0.2) is 39.7 Å². The predicted octanol–water partition coefficient (Wildman–Crippen LogP) is 1.46. The van der Waals surface area contributed by atoms with E-state index < -0.39 is 0 Å². The van der Waals surface area contributed by atoms with Crippen LogP contribution in [-0.4, -0.2) is 69.0 Å². The van der Waals surface area contributed by atoms with Gasteiger partial charge in [0.25, 0.3) is 5.69 Å². The lowest BCUT2D eigenvalue weighted by molar-refractivity contribution is -0.387. The first-order valence-corrected chi connectivity index (χ1v) is 8.62. The number of hydrogen-bond acceptors (Lipinski definition) is 8. The summed E-state index contributed by atoms with van der Waals surface area (Å²) in [4.78, 5) is 13.8. The number of hydrazone groups is 1. The Balaban J connectivity index is 1.77. The van der Waals surface area contributed by atoms with E-state index in [0.717, 1.165) is 26.2 Å². The minimum atomic E-state index is -0.383. The molecule has 132 valence electrons. The lowest BCUT2D eigenvalue weighted by atomic mass is 10.2. The molecule has 2 heterocycles. The van der Waals surface area contributed by atoms with Crippen LogP contribution in [0.3, 0.4) is 0 Å². The van der Waals surface area contributed by atoms with E-state index in [1.165, 1.54) is 17.8 Å². The summed E-state index contributed by atoms with van der Waals surface area (Å²) in [7, 11) is 3.88. The van der Waals surface area contributed by atoms with Gasteiger partial charge in [-0.2, -0.15) is 5.10 Å². The maximum Gasteiger partial charge on any atom is 0.283 e. The van der Waals surface area contributed by atoms with E-state index in [0.29, 0.717) is 15.6 Å². The van der Waals surface area contributed by atoms with Crippen LogP contribution in [0, 0.1) is 10.1 Å². The molecule has 0 saturated carbocycles. The zero-order valence-corrected chi connectivity index (χ0v) is 14.9. The Labute approximate surface area is 149 Å². The van der Waals surface area contributed by atoms with Crippen LogP contribution in [0.2, 0.25) is 0 Å². The van der Waals surface area contributed by atoms with Crippen molar-refractivity contribution in [3.63, 3.8) is 0 Å². The molecule has 1 aromatic heterocycles. The molecule has 0 radical (unpaired) electrons. The van der Waals surface area contributed by atoms with Crippen LogP contribution in [0.25, 0.3) is 0 Å². The van der Waals surface area contributed by atoms with Crippen LogP contribution in [-0.2, 0) is 7.05 Å². The topological polar surface area (TPSA) is 92.7 Å². The zero-order valence-electron chi connectivity index (χ0n) is 14.1. The normalized spacial score (nSPS) is 15.8. The molecule has 0 unspecified atom stereocenters. The van der Waals surface area contributed by atoms with E-state index in [1.54, 1.807) is 30.2 Å². The third kappa shape index (κ3) is 4.34. The van der Waals surface area contributed by atoms with Gasteiger partial charge in [-0.25, -0.2) is 0 Å². The van der Waals surface area contributed by atoms with Gasteiger partial charge >= 0.3 is 0 Å². The van der Waals surface area contributed by atoms with Gasteiger partial charge in [0.1, 0.15) is 6.33 Å². The number of piperazine rings is 1. The second-order valence-corrected chi connectivity index (χ2v) is 6.82. The van der Waals surface area contributed by atoms with Crippen molar-refractivity contribution >= 4 is 23.7 Å². The smallest absolute Gasteiger partial charge is 0.283 e. The highest BCUT2D eigenvalue weighted by molar-refractivity contribution is 7.99. The highest BCUT2D eigenvalue weighted by Crippen LogP contribution is 2.33. The molecule has 25 heavy (non-hydrogen) atoms. The molecule has 0 spiro atoms. The number of likely N-dealkylation sites (N-methyl/N-ethyl adjacent to an activating group) is 1. The van der Waals surface area contributed by atoms with Gasteiger partial charge in [-0.15, -0.1) is 10.2 Å². The number of nitro groups is 1. The number of benzene rings is 1. The SMILES string of the molecule is CN1CCN(/N=C\c2ccc(Sc3nncn3C)c([N+](=O)[O-])c2)CC1. The van der Waals surface area contributed by atoms with Crippen molar-refractivity contribution in [2.45, 2.75) is 10.1 Å². The summed E-state index contributed by atoms with van der Waals surface area (Å²) in [5, 5.41) is 26.2. The number of aryl methyl sites for hydroxylation is 1. The molecular formula is C15H19N7O2S. The summed E-state index contributed by atoms with van der Waals surface area (Å²) >= 11 is 1.22. The van der Waals surface area contributed by atoms with E-state index in [-0.39, 0.29) is 10.6 Å². The fraction of sp³-hybridized carbons (Fsp3) is 0.400. The van der Waals surface area contributed by atoms with Crippen molar-refractivity contribution in [1.82, 2.24) is 24.7 Å². The molecule has 3 rings (SSSR count). The number of nitro benzene ring substituents is 1. The summed E-state index contributed by atoms with van der Waals surface area (Å²) in [5.41, 5.74) is 0.739. The molecule has 1 aliphatic heterocycles. The summed E-state index contributed by atoms with van der Waals surface area (Å²) in [5.74, 6) is 0. The standard InChI is InChI=1S/C15H19N7O2S/c1-19-5-7-21(8-6-19)17-10-12-3-4-14(13(9-12)22(23)24)25-15-18-16-11-20(15)2/h3-4,9-11H,5-8H2,1-2H3/b17-10-. The first-order chi connectivity index (χ1) is 12.0. The second kappa shape index (κ2) is 7.62. The molecule has 0 aliphatic carbocycles. The maximum atomic E-state index is 11.4. The van der Waals surface area contributed by atoms with Gasteiger partial charge in [0.05, 0.1) is 16.0 Å². The van der Waals surface area contributed by atoms with Crippen molar-refractivity contribution in [1.29, 1.82) is 0 Å². The number of rotatable bonds is 5. The zero-order chi connectivity index (χ0) is 17.8. The Hall–Kier alpha value is -2.46. The van der Waals surface area contributed by atoms with Crippen LogP contribution >= 0.6 is 11.8 Å². The Morgan fingerprint density at radius 1 is 1.28 bits per heavy atom. The van der Waals surface area contributed by atoms with Gasteiger partial charge in [0.15, 0.2) is 5.16 Å². The molecule has 0 N–H and O–H groups in total. The average Bonchev–Trinajstić information content (AvgIpc) is 3.00. The van der Waals surface area contributed by atoms with Crippen molar-refractivity contribution in [3.05, 3.63) is 40.2 Å². The van der Waals surface area contributed by atoms with Crippen LogP contribution < -0.4 is 0 Å². The van der Waals surface area contributed by atoms with E-state index in [9.17, 15) is 10.1 Å². The molecule has 1 saturated heterocycles. The molecule has 0 bridgehead atoms. The van der Waals surface area contributed by atoms with Crippen molar-refractivity contribution in [3.8, 4) is 0 Å². The first-order valence-electron chi connectivity index (χ1n) is 7.80. The molecule has 1 aromatic carbocycles. The fourth-order valence-electron chi connectivity index (χ4n) is 2.37. The summed E-state index contributed by atoms with van der Waals surface area (Å²) in [6.07, 6.45) is 3.24. The van der Waals surface area contributed by atoms with Crippen LogP contribution in [0.5, 0.6) is 0 Å². The number of nitrogens with zero attached hydrogens (tertiary/aromatic N) is 7. The minimum absolute atomic E-state index is 0.0373. The largest absolute Gasteiger partial charge is 0.311 e. The van der Waals surface area contributed by atoms with Gasteiger partial charge in [-0.3, -0.25) is 15.1 Å². The monoisotopic (exact) mass is 361 g/mol. The summed E-state index contributed by atoms with van der Waals surface area (Å²) < 4.78 is 1.72. The van der Waals surface area contributed by atoms with E-state index >= 15 is 0 Å². The highest BCUT2D eigenvalue weighted by Gasteiger charge is 2.18. The van der Waals surface area contributed by atoms with Crippen LogP contribution in [0.4, 0.5) is 5.69 Å².